The van der Waals surface area contributed by atoms with Crippen LogP contribution in [0.4, 0.5) is 0 Å². The van der Waals surface area contributed by atoms with Crippen LogP contribution in [0.3, 0.4) is 0 Å². The van der Waals surface area contributed by atoms with E-state index in [9.17, 15) is 4.79 Å². The lowest BCUT2D eigenvalue weighted by Gasteiger charge is -2.20. The van der Waals surface area contributed by atoms with Gasteiger partial charge in [-0.15, -0.1) is 23.1 Å². The molecule has 2 unspecified atom stereocenters. The highest BCUT2D eigenvalue weighted by Gasteiger charge is 2.23. The molecule has 1 saturated heterocycles. The summed E-state index contributed by atoms with van der Waals surface area (Å²) in [5.74, 6) is 0.816. The number of amides is 1. The van der Waals surface area contributed by atoms with Gasteiger partial charge in [0.2, 0.25) is 0 Å². The molecule has 1 fully saturated rings. The minimum Gasteiger partial charge on any atom is -0.376 e. The van der Waals surface area contributed by atoms with Crippen LogP contribution in [0.15, 0.2) is 34.5 Å². The number of carbonyl (C=O) groups excluding carboxylic acids is 1. The van der Waals surface area contributed by atoms with E-state index in [1.807, 2.05) is 38.1 Å². The van der Waals surface area contributed by atoms with Crippen LogP contribution < -0.4 is 5.32 Å². The van der Waals surface area contributed by atoms with Gasteiger partial charge in [0.25, 0.3) is 5.91 Å². The lowest BCUT2D eigenvalue weighted by atomic mass is 10.1. The molecule has 4 nitrogen and oxygen atoms in total. The van der Waals surface area contributed by atoms with Gasteiger partial charge in [-0.25, -0.2) is 4.98 Å². The summed E-state index contributed by atoms with van der Waals surface area (Å²) in [6.45, 7) is 4.83. The Balaban J connectivity index is 1.52. The Bertz CT molecular complexity index is 679. The van der Waals surface area contributed by atoms with Gasteiger partial charge in [0, 0.05) is 28.2 Å². The molecular formula is C18H22N2O2S2. The number of nitrogens with zero attached hydrogens (tertiary/aromatic N) is 1. The van der Waals surface area contributed by atoms with E-state index in [-0.39, 0.29) is 18.1 Å². The molecule has 128 valence electrons. The monoisotopic (exact) mass is 362 g/mol. The lowest BCUT2D eigenvalue weighted by molar-refractivity contribution is 0.0712. The van der Waals surface area contributed by atoms with Gasteiger partial charge in [-0.2, -0.15) is 0 Å². The number of carbonyl (C=O) groups is 1. The van der Waals surface area contributed by atoms with Gasteiger partial charge < -0.3 is 10.1 Å². The fourth-order valence-electron chi connectivity index (χ4n) is 2.71. The highest BCUT2D eigenvalue weighted by Crippen LogP contribution is 2.24. The largest absolute Gasteiger partial charge is 0.376 e. The first-order valence-corrected chi connectivity index (χ1v) is 10.0. The zero-order valence-corrected chi connectivity index (χ0v) is 15.6. The summed E-state index contributed by atoms with van der Waals surface area (Å²) in [5, 5.41) is 6.23. The Morgan fingerprint density at radius 2 is 2.25 bits per heavy atom. The minimum absolute atomic E-state index is 0.0373. The molecule has 1 amide bonds. The second-order valence-electron chi connectivity index (χ2n) is 5.98. The topological polar surface area (TPSA) is 51.2 Å². The second-order valence-corrected chi connectivity index (χ2v) is 8.10. The van der Waals surface area contributed by atoms with Gasteiger partial charge >= 0.3 is 0 Å². The number of hydrogen-bond acceptors (Lipinski definition) is 5. The normalized spacial score (nSPS) is 18.5. The van der Waals surface area contributed by atoms with Crippen molar-refractivity contribution in [1.29, 1.82) is 0 Å². The number of benzene rings is 1. The molecule has 1 aliphatic rings. The van der Waals surface area contributed by atoms with Gasteiger partial charge in [-0.05, 0) is 51.0 Å². The lowest BCUT2D eigenvalue weighted by Crippen LogP contribution is -2.40. The number of rotatable bonds is 6. The predicted octanol–water partition coefficient (Wildman–Crippen LogP) is 4.04. The standard InChI is InChI=1S/C18H22N2O2S2/c1-12(17-4-3-9-22-17)19-18(21)14-5-7-16(8-6-14)24-11-15-10-23-13(2)20-15/h5-8,10,12,17H,3-4,9,11H2,1-2H3,(H,19,21). The third-order valence-corrected chi connectivity index (χ3v) is 5.92. The van der Waals surface area contributed by atoms with E-state index in [0.717, 1.165) is 40.8 Å². The maximum atomic E-state index is 12.3. The SMILES string of the molecule is Cc1nc(CSc2ccc(C(=O)NC(C)C3CCCO3)cc2)cs1. The number of aryl methyl sites for hydroxylation is 1. The average molecular weight is 363 g/mol. The van der Waals surface area contributed by atoms with Crippen molar-refractivity contribution in [3.05, 3.63) is 45.9 Å². The molecule has 1 aromatic heterocycles. The van der Waals surface area contributed by atoms with Gasteiger partial charge in [0.05, 0.1) is 22.8 Å². The van der Waals surface area contributed by atoms with E-state index in [1.165, 1.54) is 0 Å². The summed E-state index contributed by atoms with van der Waals surface area (Å²) < 4.78 is 5.62. The second kappa shape index (κ2) is 8.14. The molecule has 1 aromatic carbocycles. The summed E-state index contributed by atoms with van der Waals surface area (Å²) >= 11 is 3.41. The Labute approximate surface area is 151 Å². The highest BCUT2D eigenvalue weighted by molar-refractivity contribution is 7.98. The molecule has 0 bridgehead atoms. The maximum absolute atomic E-state index is 12.3. The van der Waals surface area contributed by atoms with Crippen LogP contribution in [0.25, 0.3) is 0 Å². The van der Waals surface area contributed by atoms with E-state index < -0.39 is 0 Å². The van der Waals surface area contributed by atoms with E-state index >= 15 is 0 Å². The first-order valence-electron chi connectivity index (χ1n) is 8.18. The van der Waals surface area contributed by atoms with Gasteiger partial charge in [-0.1, -0.05) is 0 Å². The smallest absolute Gasteiger partial charge is 0.251 e. The summed E-state index contributed by atoms with van der Waals surface area (Å²) in [7, 11) is 0. The number of aromatic nitrogens is 1. The molecule has 0 saturated carbocycles. The van der Waals surface area contributed by atoms with Crippen LogP contribution in [0.5, 0.6) is 0 Å². The van der Waals surface area contributed by atoms with Crippen LogP contribution >= 0.6 is 23.1 Å². The van der Waals surface area contributed by atoms with Crippen molar-refractivity contribution in [2.75, 3.05) is 6.61 Å². The van der Waals surface area contributed by atoms with Crippen molar-refractivity contribution in [3.63, 3.8) is 0 Å². The fraction of sp³-hybridized carbons (Fsp3) is 0.444. The number of hydrogen-bond donors (Lipinski definition) is 1. The van der Waals surface area contributed by atoms with Crippen LogP contribution in [-0.2, 0) is 10.5 Å². The molecule has 6 heteroatoms. The fourth-order valence-corrected chi connectivity index (χ4v) is 4.22. The van der Waals surface area contributed by atoms with Crippen molar-refractivity contribution in [3.8, 4) is 0 Å². The van der Waals surface area contributed by atoms with Crippen molar-refractivity contribution in [2.45, 2.75) is 49.5 Å². The number of thioether (sulfide) groups is 1. The third kappa shape index (κ3) is 4.59. The quantitative estimate of drug-likeness (QED) is 0.788. The Morgan fingerprint density at radius 1 is 1.46 bits per heavy atom. The first-order chi connectivity index (χ1) is 11.6. The molecule has 1 N–H and O–H groups in total. The molecule has 2 heterocycles. The third-order valence-electron chi connectivity index (χ3n) is 4.05. The summed E-state index contributed by atoms with van der Waals surface area (Å²) in [6.07, 6.45) is 2.24. The molecule has 24 heavy (non-hydrogen) atoms. The van der Waals surface area contributed by atoms with Crippen LogP contribution in [0.1, 0.15) is 40.8 Å². The molecule has 0 spiro atoms. The van der Waals surface area contributed by atoms with Crippen molar-refractivity contribution in [1.82, 2.24) is 10.3 Å². The van der Waals surface area contributed by atoms with Crippen LogP contribution in [-0.4, -0.2) is 29.6 Å². The summed E-state index contributed by atoms with van der Waals surface area (Å²) in [6, 6.07) is 7.80. The Kier molecular flexibility index (Phi) is 5.92. The van der Waals surface area contributed by atoms with Gasteiger partial charge in [0.1, 0.15) is 0 Å². The van der Waals surface area contributed by atoms with E-state index in [1.54, 1.807) is 23.1 Å². The molecule has 2 atom stereocenters. The zero-order valence-electron chi connectivity index (χ0n) is 14.0. The van der Waals surface area contributed by atoms with Crippen LogP contribution in [0, 0.1) is 6.92 Å². The molecule has 1 aliphatic heterocycles. The number of nitrogens with one attached hydrogen (secondary N) is 1. The first kappa shape index (κ1) is 17.5. The predicted molar refractivity (Wildman–Crippen MR) is 98.8 cm³/mol. The average Bonchev–Trinajstić information content (AvgIpc) is 3.25. The number of thiazole rings is 1. The van der Waals surface area contributed by atoms with Crippen molar-refractivity contribution < 1.29 is 9.53 Å². The van der Waals surface area contributed by atoms with E-state index in [2.05, 4.69) is 15.7 Å². The highest BCUT2D eigenvalue weighted by atomic mass is 32.2. The van der Waals surface area contributed by atoms with Gasteiger partial charge in [0.15, 0.2) is 0 Å². The molecule has 2 aromatic rings. The molecular weight excluding hydrogens is 340 g/mol. The Morgan fingerprint density at radius 3 is 2.88 bits per heavy atom. The zero-order chi connectivity index (χ0) is 16.9. The summed E-state index contributed by atoms with van der Waals surface area (Å²) in [4.78, 5) is 17.9. The molecule has 0 radical (unpaired) electrons. The maximum Gasteiger partial charge on any atom is 0.251 e. The van der Waals surface area contributed by atoms with Crippen molar-refractivity contribution >= 4 is 29.0 Å². The Hall–Kier alpha value is -1.37. The van der Waals surface area contributed by atoms with E-state index in [4.69, 9.17) is 4.74 Å². The van der Waals surface area contributed by atoms with Crippen molar-refractivity contribution in [2.24, 2.45) is 0 Å². The molecule has 3 rings (SSSR count). The van der Waals surface area contributed by atoms with E-state index in [0.29, 0.717) is 5.56 Å². The summed E-state index contributed by atoms with van der Waals surface area (Å²) in [5.41, 5.74) is 1.79. The molecule has 0 aliphatic carbocycles. The minimum atomic E-state index is -0.0373. The van der Waals surface area contributed by atoms with Crippen LogP contribution in [0.2, 0.25) is 0 Å². The number of ether oxygens (including phenoxy) is 1. The van der Waals surface area contributed by atoms with Gasteiger partial charge in [-0.3, -0.25) is 4.79 Å².